The topological polar surface area (TPSA) is 58.6 Å². The fraction of sp³-hybridized carbons (Fsp3) is 0.333. The summed E-state index contributed by atoms with van der Waals surface area (Å²) >= 11 is 0. The van der Waals surface area contributed by atoms with E-state index in [2.05, 4.69) is 5.32 Å². The van der Waals surface area contributed by atoms with Crippen molar-refractivity contribution >= 4 is 22.4 Å². The van der Waals surface area contributed by atoms with Crippen LogP contribution in [0.4, 0.5) is 4.39 Å². The smallest absolute Gasteiger partial charge is 0.243 e. The molecule has 1 aliphatic heterocycles. The first-order valence-electron chi connectivity index (χ1n) is 8.07. The number of halogens is 2. The van der Waals surface area contributed by atoms with Crippen LogP contribution in [0.15, 0.2) is 47.4 Å². The van der Waals surface area contributed by atoms with Gasteiger partial charge in [0, 0.05) is 25.2 Å². The fourth-order valence-electron chi connectivity index (χ4n) is 3.05. The fourth-order valence-corrected chi connectivity index (χ4v) is 4.67. The quantitative estimate of drug-likeness (QED) is 0.857. The van der Waals surface area contributed by atoms with E-state index in [9.17, 15) is 12.8 Å². The van der Waals surface area contributed by atoms with Gasteiger partial charge in [0.05, 0.1) is 18.0 Å². The van der Waals surface area contributed by atoms with Gasteiger partial charge in [0.25, 0.3) is 0 Å². The van der Waals surface area contributed by atoms with E-state index in [0.29, 0.717) is 30.9 Å². The summed E-state index contributed by atoms with van der Waals surface area (Å²) in [6.07, 6.45) is 0. The number of sulfonamides is 1. The molecule has 1 N–H and O–H groups in total. The van der Waals surface area contributed by atoms with E-state index in [1.807, 2.05) is 18.2 Å². The number of para-hydroxylation sites is 1. The third kappa shape index (κ3) is 3.86. The van der Waals surface area contributed by atoms with Crippen molar-refractivity contribution in [1.82, 2.24) is 9.62 Å². The second-order valence-electron chi connectivity index (χ2n) is 5.99. The van der Waals surface area contributed by atoms with Crippen molar-refractivity contribution in [2.24, 2.45) is 0 Å². The molecular weight excluding hydrogens is 379 g/mol. The zero-order valence-corrected chi connectivity index (χ0v) is 16.2. The van der Waals surface area contributed by atoms with E-state index in [4.69, 9.17) is 4.74 Å². The Morgan fingerprint density at radius 1 is 1.23 bits per heavy atom. The predicted octanol–water partition coefficient (Wildman–Crippen LogP) is 2.90. The first-order valence-corrected chi connectivity index (χ1v) is 9.51. The number of nitrogens with zero attached hydrogens (tertiary/aromatic N) is 1. The molecule has 142 valence electrons. The molecule has 1 saturated heterocycles. The first kappa shape index (κ1) is 20.6. The average molecular weight is 401 g/mol. The van der Waals surface area contributed by atoms with Crippen molar-refractivity contribution < 1.29 is 17.5 Å². The van der Waals surface area contributed by atoms with Crippen molar-refractivity contribution in [3.63, 3.8) is 0 Å². The lowest BCUT2D eigenvalue weighted by Crippen LogP contribution is -2.48. The van der Waals surface area contributed by atoms with Crippen LogP contribution in [-0.2, 0) is 10.0 Å². The van der Waals surface area contributed by atoms with E-state index in [1.54, 1.807) is 20.1 Å². The lowest BCUT2D eigenvalue weighted by Gasteiger charge is -2.36. The maximum absolute atomic E-state index is 13.9. The summed E-state index contributed by atoms with van der Waals surface area (Å²) in [5.41, 5.74) is 1.20. The maximum atomic E-state index is 13.9. The second kappa shape index (κ2) is 8.35. The number of hydrogen-bond donors (Lipinski definition) is 1. The highest BCUT2D eigenvalue weighted by atomic mass is 35.5. The van der Waals surface area contributed by atoms with Crippen molar-refractivity contribution in [3.8, 4) is 5.75 Å². The van der Waals surface area contributed by atoms with Crippen LogP contribution >= 0.6 is 12.4 Å². The average Bonchev–Trinajstić information content (AvgIpc) is 2.63. The van der Waals surface area contributed by atoms with Gasteiger partial charge in [0.15, 0.2) is 0 Å². The molecule has 0 radical (unpaired) electrons. The van der Waals surface area contributed by atoms with Gasteiger partial charge in [0.1, 0.15) is 11.6 Å². The number of methoxy groups -OCH3 is 1. The Morgan fingerprint density at radius 2 is 1.96 bits per heavy atom. The maximum Gasteiger partial charge on any atom is 0.243 e. The number of rotatable bonds is 4. The van der Waals surface area contributed by atoms with Gasteiger partial charge < -0.3 is 10.1 Å². The Hall–Kier alpha value is -1.67. The molecular formula is C18H22ClFN2O3S. The molecule has 1 fully saturated rings. The highest BCUT2D eigenvalue weighted by Crippen LogP contribution is 2.34. The van der Waals surface area contributed by atoms with Crippen LogP contribution in [0.1, 0.15) is 17.2 Å². The van der Waals surface area contributed by atoms with Crippen molar-refractivity contribution in [1.29, 1.82) is 0 Å². The summed E-state index contributed by atoms with van der Waals surface area (Å²) in [5, 5.41) is 3.22. The van der Waals surface area contributed by atoms with Crippen LogP contribution in [0.2, 0.25) is 0 Å². The minimum Gasteiger partial charge on any atom is -0.496 e. The Labute approximate surface area is 159 Å². The summed E-state index contributed by atoms with van der Waals surface area (Å²) in [6.45, 7) is 2.92. The molecule has 0 aliphatic carbocycles. The number of nitrogens with one attached hydrogen (secondary N) is 1. The van der Waals surface area contributed by atoms with Crippen LogP contribution in [0.3, 0.4) is 0 Å². The number of hydrogen-bond acceptors (Lipinski definition) is 4. The van der Waals surface area contributed by atoms with E-state index < -0.39 is 21.9 Å². The Kier molecular flexibility index (Phi) is 6.63. The number of piperazine rings is 1. The van der Waals surface area contributed by atoms with Gasteiger partial charge >= 0.3 is 0 Å². The van der Waals surface area contributed by atoms with E-state index in [-0.39, 0.29) is 17.3 Å². The molecule has 1 atom stereocenters. The largest absolute Gasteiger partial charge is 0.496 e. The van der Waals surface area contributed by atoms with Crippen LogP contribution < -0.4 is 10.1 Å². The van der Waals surface area contributed by atoms with Crippen molar-refractivity contribution in [2.45, 2.75) is 17.9 Å². The van der Waals surface area contributed by atoms with Crippen LogP contribution in [0.5, 0.6) is 5.75 Å². The van der Waals surface area contributed by atoms with Crippen molar-refractivity contribution in [3.05, 3.63) is 59.4 Å². The standard InChI is InChI=1S/C18H21FN2O3S.ClH/c1-13-7-8-14(11-16(13)19)25(22,23)21-10-9-20-12-17(21)15-5-3-4-6-18(15)24-2;/h3-8,11,17,20H,9-10,12H2,1-2H3;1H. The molecule has 2 aromatic carbocycles. The highest BCUT2D eigenvalue weighted by molar-refractivity contribution is 7.89. The SMILES string of the molecule is COc1ccccc1C1CNCCN1S(=O)(=O)c1ccc(C)c(F)c1.Cl. The molecule has 0 saturated carbocycles. The van der Waals surface area contributed by atoms with Gasteiger partial charge in [-0.05, 0) is 30.7 Å². The monoisotopic (exact) mass is 400 g/mol. The van der Waals surface area contributed by atoms with E-state index in [1.165, 1.54) is 16.4 Å². The zero-order chi connectivity index (χ0) is 18.0. The summed E-state index contributed by atoms with van der Waals surface area (Å²) in [7, 11) is -2.27. The molecule has 0 spiro atoms. The number of ether oxygens (including phenoxy) is 1. The normalized spacial score (nSPS) is 18.2. The molecule has 26 heavy (non-hydrogen) atoms. The minimum atomic E-state index is -3.83. The summed E-state index contributed by atoms with van der Waals surface area (Å²) in [6, 6.07) is 11.0. The van der Waals surface area contributed by atoms with E-state index in [0.717, 1.165) is 11.6 Å². The lowest BCUT2D eigenvalue weighted by molar-refractivity contribution is 0.264. The first-order chi connectivity index (χ1) is 11.9. The molecule has 1 heterocycles. The summed E-state index contributed by atoms with van der Waals surface area (Å²) in [4.78, 5) is -0.0302. The highest BCUT2D eigenvalue weighted by Gasteiger charge is 2.35. The van der Waals surface area contributed by atoms with Crippen molar-refractivity contribution in [2.75, 3.05) is 26.7 Å². The third-order valence-corrected chi connectivity index (χ3v) is 6.35. The van der Waals surface area contributed by atoms with Gasteiger partial charge in [-0.1, -0.05) is 24.3 Å². The van der Waals surface area contributed by atoms with Crippen LogP contribution in [-0.4, -0.2) is 39.5 Å². The minimum absolute atomic E-state index is 0. The van der Waals surface area contributed by atoms with E-state index >= 15 is 0 Å². The second-order valence-corrected chi connectivity index (χ2v) is 7.88. The molecule has 0 amide bonds. The Bertz CT molecular complexity index is 876. The summed E-state index contributed by atoms with van der Waals surface area (Å²) < 4.78 is 47.0. The zero-order valence-electron chi connectivity index (χ0n) is 14.6. The van der Waals surface area contributed by atoms with Gasteiger partial charge in [-0.2, -0.15) is 4.31 Å². The summed E-state index contributed by atoms with van der Waals surface area (Å²) in [5.74, 6) is 0.108. The van der Waals surface area contributed by atoms with Crippen LogP contribution in [0, 0.1) is 12.7 Å². The number of aryl methyl sites for hydroxylation is 1. The molecule has 1 unspecified atom stereocenters. The van der Waals surface area contributed by atoms with Gasteiger partial charge in [0.2, 0.25) is 10.0 Å². The lowest BCUT2D eigenvalue weighted by atomic mass is 10.0. The predicted molar refractivity (Wildman–Crippen MR) is 101 cm³/mol. The Balaban J connectivity index is 0.00000243. The number of benzene rings is 2. The molecule has 5 nitrogen and oxygen atoms in total. The molecule has 1 aliphatic rings. The van der Waals surface area contributed by atoms with Gasteiger partial charge in [-0.15, -0.1) is 12.4 Å². The molecule has 0 aromatic heterocycles. The molecule has 3 rings (SSSR count). The molecule has 2 aromatic rings. The Morgan fingerprint density at radius 3 is 2.65 bits per heavy atom. The van der Waals surface area contributed by atoms with Gasteiger partial charge in [-0.25, -0.2) is 12.8 Å². The van der Waals surface area contributed by atoms with Gasteiger partial charge in [-0.3, -0.25) is 0 Å². The third-order valence-electron chi connectivity index (χ3n) is 4.44. The van der Waals surface area contributed by atoms with Crippen LogP contribution in [0.25, 0.3) is 0 Å². The molecule has 8 heteroatoms. The molecule has 0 bridgehead atoms.